The van der Waals surface area contributed by atoms with E-state index < -0.39 is 0 Å². The van der Waals surface area contributed by atoms with Crippen molar-refractivity contribution in [3.8, 4) is 11.4 Å². The summed E-state index contributed by atoms with van der Waals surface area (Å²) < 4.78 is 0. The molecule has 0 spiro atoms. The van der Waals surface area contributed by atoms with Crippen molar-refractivity contribution < 1.29 is 0 Å². The molecular formula is C16H22Cl2N4. The quantitative estimate of drug-likeness (QED) is 0.913. The Morgan fingerprint density at radius 1 is 1.14 bits per heavy atom. The van der Waals surface area contributed by atoms with E-state index in [2.05, 4.69) is 48.1 Å². The Hall–Kier alpha value is -1.20. The first-order valence-electron chi connectivity index (χ1n) is 7.01. The second-order valence-corrected chi connectivity index (χ2v) is 5.48. The number of aryl methyl sites for hydroxylation is 1. The predicted molar refractivity (Wildman–Crippen MR) is 94.6 cm³/mol. The smallest absolute Gasteiger partial charge is 0.159 e. The number of hydrogen-bond acceptors (Lipinski definition) is 4. The molecule has 3 rings (SSSR count). The van der Waals surface area contributed by atoms with Crippen LogP contribution in [0, 0.1) is 6.92 Å². The zero-order valence-electron chi connectivity index (χ0n) is 12.9. The van der Waals surface area contributed by atoms with E-state index in [1.165, 1.54) is 11.1 Å². The minimum absolute atomic E-state index is 0. The van der Waals surface area contributed by atoms with E-state index in [1.807, 2.05) is 0 Å². The number of hydrogen-bond donors (Lipinski definition) is 1. The maximum atomic E-state index is 5.88. The van der Waals surface area contributed by atoms with Crippen LogP contribution in [0.5, 0.6) is 0 Å². The van der Waals surface area contributed by atoms with Crippen LogP contribution in [-0.4, -0.2) is 28.5 Å². The minimum atomic E-state index is 0. The normalized spacial score (nSPS) is 13.8. The summed E-state index contributed by atoms with van der Waals surface area (Å²) in [4.78, 5) is 11.7. The number of halogens is 2. The molecular weight excluding hydrogens is 319 g/mol. The van der Waals surface area contributed by atoms with Gasteiger partial charge in [0, 0.05) is 37.2 Å². The highest BCUT2D eigenvalue weighted by molar-refractivity contribution is 5.85. The molecule has 1 aromatic carbocycles. The van der Waals surface area contributed by atoms with Gasteiger partial charge in [-0.15, -0.1) is 24.8 Å². The largest absolute Gasteiger partial charge is 0.325 e. The standard InChI is InChI=1S/C16H20N4.2ClH/c1-11-3-5-12(6-4-11)16-18-14-7-8-20(2)10-13(14)15(9-17)19-16;;/h3-6H,7-10,17H2,1-2H3;2*1H. The van der Waals surface area contributed by atoms with Crippen molar-refractivity contribution in [2.45, 2.75) is 26.4 Å². The van der Waals surface area contributed by atoms with Crippen molar-refractivity contribution in [1.82, 2.24) is 14.9 Å². The van der Waals surface area contributed by atoms with Gasteiger partial charge in [0.25, 0.3) is 0 Å². The van der Waals surface area contributed by atoms with Crippen LogP contribution in [0.15, 0.2) is 24.3 Å². The summed E-state index contributed by atoms with van der Waals surface area (Å²) in [5.74, 6) is 0.800. The SMILES string of the molecule is Cc1ccc(-c2nc(CN)c3c(n2)CCN(C)C3)cc1.Cl.Cl. The molecule has 1 aliphatic heterocycles. The van der Waals surface area contributed by atoms with Gasteiger partial charge in [-0.25, -0.2) is 9.97 Å². The molecule has 0 aliphatic carbocycles. The molecule has 0 saturated heterocycles. The summed E-state index contributed by atoms with van der Waals surface area (Å²) in [6.07, 6.45) is 0.972. The molecule has 0 radical (unpaired) electrons. The summed E-state index contributed by atoms with van der Waals surface area (Å²) in [5, 5.41) is 0. The van der Waals surface area contributed by atoms with Crippen LogP contribution in [0.4, 0.5) is 0 Å². The van der Waals surface area contributed by atoms with Crippen molar-refractivity contribution in [2.24, 2.45) is 5.73 Å². The van der Waals surface area contributed by atoms with E-state index >= 15 is 0 Å². The van der Waals surface area contributed by atoms with Crippen LogP contribution in [0.25, 0.3) is 11.4 Å². The van der Waals surface area contributed by atoms with Gasteiger partial charge in [-0.05, 0) is 14.0 Å². The number of aromatic nitrogens is 2. The Bertz CT molecular complexity index is 612. The van der Waals surface area contributed by atoms with Gasteiger partial charge in [0.05, 0.1) is 11.4 Å². The van der Waals surface area contributed by atoms with Crippen LogP contribution < -0.4 is 5.73 Å². The molecule has 1 aromatic heterocycles. The number of benzene rings is 1. The fourth-order valence-corrected chi connectivity index (χ4v) is 2.62. The number of nitrogens with two attached hydrogens (primary N) is 1. The van der Waals surface area contributed by atoms with Gasteiger partial charge in [0.2, 0.25) is 0 Å². The lowest BCUT2D eigenvalue weighted by Gasteiger charge is -2.26. The average molecular weight is 341 g/mol. The number of nitrogens with zero attached hydrogens (tertiary/aromatic N) is 3. The molecule has 0 amide bonds. The predicted octanol–water partition coefficient (Wildman–Crippen LogP) is 2.74. The monoisotopic (exact) mass is 340 g/mol. The topological polar surface area (TPSA) is 55.0 Å². The zero-order chi connectivity index (χ0) is 14.1. The lowest BCUT2D eigenvalue weighted by Crippen LogP contribution is -2.29. The third kappa shape index (κ3) is 3.76. The van der Waals surface area contributed by atoms with E-state index in [9.17, 15) is 0 Å². The van der Waals surface area contributed by atoms with E-state index in [0.29, 0.717) is 6.54 Å². The van der Waals surface area contributed by atoms with E-state index in [0.717, 1.165) is 42.3 Å². The first-order chi connectivity index (χ1) is 9.67. The molecule has 0 atom stereocenters. The highest BCUT2D eigenvalue weighted by atomic mass is 35.5. The molecule has 1 aliphatic rings. The molecule has 2 N–H and O–H groups in total. The lowest BCUT2D eigenvalue weighted by molar-refractivity contribution is 0.307. The minimum Gasteiger partial charge on any atom is -0.325 e. The number of rotatable bonds is 2. The first-order valence-corrected chi connectivity index (χ1v) is 7.01. The summed E-state index contributed by atoms with van der Waals surface area (Å²) in [6.45, 7) is 4.49. The van der Waals surface area contributed by atoms with Gasteiger partial charge in [-0.1, -0.05) is 29.8 Å². The molecule has 22 heavy (non-hydrogen) atoms. The van der Waals surface area contributed by atoms with Gasteiger partial charge in [-0.2, -0.15) is 0 Å². The van der Waals surface area contributed by atoms with E-state index in [-0.39, 0.29) is 24.8 Å². The third-order valence-corrected chi connectivity index (χ3v) is 3.84. The van der Waals surface area contributed by atoms with Gasteiger partial charge in [0.1, 0.15) is 0 Å². The fraction of sp³-hybridized carbons (Fsp3) is 0.375. The van der Waals surface area contributed by atoms with Crippen LogP contribution in [-0.2, 0) is 19.5 Å². The number of fused-ring (bicyclic) bond motifs is 1. The molecule has 0 saturated carbocycles. The molecule has 4 nitrogen and oxygen atoms in total. The highest BCUT2D eigenvalue weighted by Gasteiger charge is 2.20. The third-order valence-electron chi connectivity index (χ3n) is 3.84. The van der Waals surface area contributed by atoms with E-state index in [4.69, 9.17) is 10.7 Å². The Labute approximate surface area is 144 Å². The molecule has 2 heterocycles. The van der Waals surface area contributed by atoms with Gasteiger partial charge >= 0.3 is 0 Å². The van der Waals surface area contributed by atoms with Crippen molar-refractivity contribution in [3.05, 3.63) is 46.8 Å². The molecule has 120 valence electrons. The lowest BCUT2D eigenvalue weighted by atomic mass is 10.0. The van der Waals surface area contributed by atoms with Crippen molar-refractivity contribution in [2.75, 3.05) is 13.6 Å². The first kappa shape index (κ1) is 18.8. The van der Waals surface area contributed by atoms with Crippen LogP contribution in [0.1, 0.15) is 22.5 Å². The van der Waals surface area contributed by atoms with Crippen molar-refractivity contribution >= 4 is 24.8 Å². The van der Waals surface area contributed by atoms with Crippen LogP contribution in [0.3, 0.4) is 0 Å². The molecule has 0 unspecified atom stereocenters. The Morgan fingerprint density at radius 2 is 1.82 bits per heavy atom. The maximum Gasteiger partial charge on any atom is 0.159 e. The summed E-state index contributed by atoms with van der Waals surface area (Å²) in [6, 6.07) is 8.33. The van der Waals surface area contributed by atoms with Crippen LogP contribution >= 0.6 is 24.8 Å². The average Bonchev–Trinajstić information content (AvgIpc) is 2.47. The van der Waals surface area contributed by atoms with Crippen LogP contribution in [0.2, 0.25) is 0 Å². The molecule has 0 bridgehead atoms. The number of likely N-dealkylation sites (N-methyl/N-ethyl adjacent to an activating group) is 1. The van der Waals surface area contributed by atoms with Gasteiger partial charge < -0.3 is 10.6 Å². The summed E-state index contributed by atoms with van der Waals surface area (Å²) in [7, 11) is 2.12. The van der Waals surface area contributed by atoms with E-state index in [1.54, 1.807) is 0 Å². The molecule has 6 heteroatoms. The Kier molecular flexibility index (Phi) is 6.75. The van der Waals surface area contributed by atoms with Crippen molar-refractivity contribution in [3.63, 3.8) is 0 Å². The van der Waals surface area contributed by atoms with Gasteiger partial charge in [0.15, 0.2) is 5.82 Å². The fourth-order valence-electron chi connectivity index (χ4n) is 2.62. The van der Waals surface area contributed by atoms with Crippen molar-refractivity contribution in [1.29, 1.82) is 0 Å². The Balaban J connectivity index is 0.00000121. The Morgan fingerprint density at radius 3 is 2.45 bits per heavy atom. The molecule has 2 aromatic rings. The zero-order valence-corrected chi connectivity index (χ0v) is 14.5. The highest BCUT2D eigenvalue weighted by Crippen LogP contribution is 2.23. The second-order valence-electron chi connectivity index (χ2n) is 5.48. The second kappa shape index (κ2) is 7.88. The summed E-state index contributed by atoms with van der Waals surface area (Å²) in [5.41, 5.74) is 11.6. The summed E-state index contributed by atoms with van der Waals surface area (Å²) >= 11 is 0. The maximum absolute atomic E-state index is 5.88. The molecule has 0 fully saturated rings. The van der Waals surface area contributed by atoms with Gasteiger partial charge in [-0.3, -0.25) is 0 Å².